The smallest absolute Gasteiger partial charge is 0.234 e. The molecule has 34 heavy (non-hydrogen) atoms. The molecule has 5 nitrogen and oxygen atoms in total. The molecule has 1 aromatic carbocycles. The molecule has 5 aliphatic carbocycles. The van der Waals surface area contributed by atoms with E-state index in [9.17, 15) is 9.59 Å². The molecule has 0 aromatic heterocycles. The van der Waals surface area contributed by atoms with Crippen LogP contribution in [0.15, 0.2) is 48.6 Å². The number of likely N-dealkylation sites (tertiary alicyclic amines) is 1. The number of methoxy groups -OCH3 is 1. The lowest BCUT2D eigenvalue weighted by Crippen LogP contribution is -2.58. The van der Waals surface area contributed by atoms with Gasteiger partial charge in [0.25, 0.3) is 0 Å². The summed E-state index contributed by atoms with van der Waals surface area (Å²) in [5, 5.41) is 2.73. The van der Waals surface area contributed by atoms with E-state index in [4.69, 9.17) is 4.74 Å². The molecule has 1 saturated carbocycles. The third kappa shape index (κ3) is 2.81. The first kappa shape index (κ1) is 22.5. The molecule has 9 unspecified atom stereocenters. The van der Waals surface area contributed by atoms with Crippen molar-refractivity contribution >= 4 is 24.2 Å². The van der Waals surface area contributed by atoms with Crippen LogP contribution in [-0.2, 0) is 14.3 Å². The Hall–Kier alpha value is -1.95. The lowest BCUT2D eigenvalue weighted by Gasteiger charge is -2.57. The Kier molecular flexibility index (Phi) is 5.32. The summed E-state index contributed by atoms with van der Waals surface area (Å²) in [5.41, 5.74) is 2.32. The number of ether oxygens (including phenoxy) is 1. The summed E-state index contributed by atoms with van der Waals surface area (Å²) in [7, 11) is 1.84. The number of nitrogens with one attached hydrogen (secondary N) is 1. The summed E-state index contributed by atoms with van der Waals surface area (Å²) in [6.45, 7) is 3.22. The normalized spacial score (nSPS) is 42.5. The number of carbonyl (C=O) groups is 2. The standard InChI is InChI=1S/C28H32N2O3.ClH/c1-33-25-20-7-3-2-6-16(20)21-14-30(15-22(21)25)13-5-4-12-28-23-11-10-19(17-8-9-18(17)23)24(28)26(31)29-27(28)32;/h2-3,6-11,17-19,21-25H,4-5,12-15H2,1H3,(H,29,31,32);1H. The maximum absolute atomic E-state index is 13.2. The molecule has 7 aliphatic rings. The van der Waals surface area contributed by atoms with Crippen LogP contribution in [-0.4, -0.2) is 43.5 Å². The first-order valence-electron chi connectivity index (χ1n) is 12.7. The van der Waals surface area contributed by atoms with E-state index < -0.39 is 5.41 Å². The van der Waals surface area contributed by atoms with Crippen LogP contribution in [0.25, 0.3) is 0 Å². The van der Waals surface area contributed by atoms with E-state index >= 15 is 0 Å². The second-order valence-corrected chi connectivity index (χ2v) is 11.1. The van der Waals surface area contributed by atoms with Gasteiger partial charge in [-0.15, -0.1) is 12.4 Å². The average Bonchev–Trinajstić information content (AvgIpc) is 3.40. The zero-order chi connectivity index (χ0) is 22.3. The molecule has 1 aromatic rings. The van der Waals surface area contributed by atoms with Crippen molar-refractivity contribution in [1.29, 1.82) is 0 Å². The number of unbranched alkanes of at least 4 members (excludes halogenated alkanes) is 1. The third-order valence-corrected chi connectivity index (χ3v) is 9.98. The van der Waals surface area contributed by atoms with Gasteiger partial charge in [-0.05, 0) is 54.2 Å². The highest BCUT2D eigenvalue weighted by molar-refractivity contribution is 6.08. The van der Waals surface area contributed by atoms with E-state index in [1.54, 1.807) is 0 Å². The van der Waals surface area contributed by atoms with Crippen LogP contribution in [0.1, 0.15) is 42.4 Å². The molecule has 2 amide bonds. The highest BCUT2D eigenvalue weighted by atomic mass is 35.5. The van der Waals surface area contributed by atoms with Crippen LogP contribution in [0.5, 0.6) is 0 Å². The van der Waals surface area contributed by atoms with Crippen molar-refractivity contribution in [2.75, 3.05) is 26.7 Å². The minimum absolute atomic E-state index is 0. The van der Waals surface area contributed by atoms with Crippen molar-refractivity contribution in [1.82, 2.24) is 10.2 Å². The molecule has 2 bridgehead atoms. The average molecular weight is 481 g/mol. The topological polar surface area (TPSA) is 58.6 Å². The van der Waals surface area contributed by atoms with Crippen molar-refractivity contribution in [3.05, 3.63) is 59.7 Å². The maximum Gasteiger partial charge on any atom is 0.234 e. The van der Waals surface area contributed by atoms with Gasteiger partial charge in [-0.3, -0.25) is 14.9 Å². The molecule has 2 heterocycles. The quantitative estimate of drug-likeness (QED) is 0.381. The SMILES string of the molecule is COC1c2ccccc2C2CN(CCCCC34C(=O)NC(=O)C3C3C=CC4C4C=CC43)CC21.Cl. The number of fused-ring (bicyclic) bond motifs is 3. The number of imide groups is 1. The molecule has 2 saturated heterocycles. The number of allylic oxidation sites excluding steroid dienone is 4. The van der Waals surface area contributed by atoms with Crippen LogP contribution < -0.4 is 5.32 Å². The predicted octanol–water partition coefficient (Wildman–Crippen LogP) is 3.87. The first-order valence-corrected chi connectivity index (χ1v) is 12.7. The summed E-state index contributed by atoms with van der Waals surface area (Å²) < 4.78 is 5.91. The fraction of sp³-hybridized carbons (Fsp3) is 0.571. The molecular formula is C28H33ClN2O3. The predicted molar refractivity (Wildman–Crippen MR) is 131 cm³/mol. The van der Waals surface area contributed by atoms with E-state index in [0.29, 0.717) is 23.7 Å². The van der Waals surface area contributed by atoms with Gasteiger partial charge in [0.15, 0.2) is 0 Å². The lowest BCUT2D eigenvalue weighted by molar-refractivity contribution is -0.142. The zero-order valence-corrected chi connectivity index (χ0v) is 20.4. The Bertz CT molecular complexity index is 1090. The van der Waals surface area contributed by atoms with Crippen LogP contribution in [0.4, 0.5) is 0 Å². The number of nitrogens with zero attached hydrogens (tertiary/aromatic N) is 1. The summed E-state index contributed by atoms with van der Waals surface area (Å²) in [6, 6.07) is 8.77. The van der Waals surface area contributed by atoms with Crippen molar-refractivity contribution in [3.8, 4) is 0 Å². The monoisotopic (exact) mass is 480 g/mol. The fourth-order valence-corrected chi connectivity index (χ4v) is 8.58. The Balaban J connectivity index is 0.00000217. The molecule has 3 fully saturated rings. The van der Waals surface area contributed by atoms with E-state index in [0.717, 1.165) is 38.9 Å². The number of hydrogen-bond donors (Lipinski definition) is 1. The van der Waals surface area contributed by atoms with Crippen molar-refractivity contribution in [2.45, 2.75) is 31.3 Å². The largest absolute Gasteiger partial charge is 0.376 e. The number of benzene rings is 1. The minimum atomic E-state index is -0.524. The summed E-state index contributed by atoms with van der Waals surface area (Å²) >= 11 is 0. The number of rotatable bonds is 6. The second kappa shape index (κ2) is 8.04. The van der Waals surface area contributed by atoms with Crippen LogP contribution >= 0.6 is 12.4 Å². The number of carbonyl (C=O) groups excluding carboxylic acids is 2. The maximum atomic E-state index is 13.2. The number of hydrogen-bond acceptors (Lipinski definition) is 4. The van der Waals surface area contributed by atoms with E-state index in [2.05, 4.69) is 58.8 Å². The molecule has 0 spiro atoms. The van der Waals surface area contributed by atoms with Gasteiger partial charge in [0.1, 0.15) is 0 Å². The van der Waals surface area contributed by atoms with Crippen molar-refractivity contribution < 1.29 is 14.3 Å². The first-order chi connectivity index (χ1) is 16.1. The third-order valence-electron chi connectivity index (χ3n) is 9.98. The summed E-state index contributed by atoms with van der Waals surface area (Å²) in [5.74, 6) is 2.16. The van der Waals surface area contributed by atoms with E-state index in [1.807, 2.05) is 7.11 Å². The highest BCUT2D eigenvalue weighted by Crippen LogP contribution is 2.64. The minimum Gasteiger partial charge on any atom is -0.376 e. The molecule has 6 heteroatoms. The molecule has 8 rings (SSSR count). The van der Waals surface area contributed by atoms with E-state index in [1.165, 1.54) is 11.1 Å². The van der Waals surface area contributed by atoms with E-state index in [-0.39, 0.29) is 48.1 Å². The Morgan fingerprint density at radius 2 is 1.76 bits per heavy atom. The Morgan fingerprint density at radius 3 is 2.53 bits per heavy atom. The number of halogens is 1. The molecule has 180 valence electrons. The van der Waals surface area contributed by atoms with Gasteiger partial charge >= 0.3 is 0 Å². The van der Waals surface area contributed by atoms with Gasteiger partial charge in [-0.1, -0.05) is 55.0 Å². The fourth-order valence-electron chi connectivity index (χ4n) is 8.58. The lowest BCUT2D eigenvalue weighted by atomic mass is 9.43. The van der Waals surface area contributed by atoms with Crippen LogP contribution in [0.2, 0.25) is 0 Å². The summed E-state index contributed by atoms with van der Waals surface area (Å²) in [4.78, 5) is 28.5. The van der Waals surface area contributed by atoms with Crippen molar-refractivity contribution in [2.24, 2.45) is 40.9 Å². The van der Waals surface area contributed by atoms with Gasteiger partial charge in [0.05, 0.1) is 17.4 Å². The summed E-state index contributed by atoms with van der Waals surface area (Å²) in [6.07, 6.45) is 12.1. The zero-order valence-electron chi connectivity index (χ0n) is 19.6. The molecule has 0 radical (unpaired) electrons. The van der Waals surface area contributed by atoms with Crippen LogP contribution in [0, 0.1) is 40.9 Å². The van der Waals surface area contributed by atoms with Gasteiger partial charge in [0.2, 0.25) is 11.8 Å². The van der Waals surface area contributed by atoms with Gasteiger partial charge < -0.3 is 9.64 Å². The van der Waals surface area contributed by atoms with Gasteiger partial charge in [-0.2, -0.15) is 0 Å². The van der Waals surface area contributed by atoms with Gasteiger partial charge in [-0.25, -0.2) is 0 Å². The molecule has 2 aliphatic heterocycles. The molecule has 9 atom stereocenters. The van der Waals surface area contributed by atoms with Crippen molar-refractivity contribution in [3.63, 3.8) is 0 Å². The van der Waals surface area contributed by atoms with Crippen LogP contribution in [0.3, 0.4) is 0 Å². The Morgan fingerprint density at radius 1 is 1.00 bits per heavy atom. The highest BCUT2D eigenvalue weighted by Gasteiger charge is 2.68. The Labute approximate surface area is 207 Å². The molecule has 1 N–H and O–H groups in total. The second-order valence-electron chi connectivity index (χ2n) is 11.1. The number of amides is 2. The molecular weight excluding hydrogens is 448 g/mol. The van der Waals surface area contributed by atoms with Gasteiger partial charge in [0, 0.05) is 32.0 Å².